The molecule has 0 aliphatic rings. The molecular formula is C13H21N3O. The summed E-state index contributed by atoms with van der Waals surface area (Å²) in [4.78, 5) is 14.1. The van der Waals surface area contributed by atoms with E-state index in [0.717, 1.165) is 11.2 Å². The first-order chi connectivity index (χ1) is 8.11. The van der Waals surface area contributed by atoms with Gasteiger partial charge in [-0.2, -0.15) is 5.10 Å². The maximum atomic E-state index is 11.4. The summed E-state index contributed by atoms with van der Waals surface area (Å²) in [6.45, 7) is 8.42. The number of hydrogen-bond donors (Lipinski definition) is 2. The summed E-state index contributed by atoms with van der Waals surface area (Å²) in [6.07, 6.45) is 4.25. The predicted molar refractivity (Wildman–Crippen MR) is 71.4 cm³/mol. The number of aromatic nitrogens is 3. The van der Waals surface area contributed by atoms with E-state index in [1.54, 1.807) is 12.3 Å². The van der Waals surface area contributed by atoms with Crippen molar-refractivity contribution in [1.29, 1.82) is 0 Å². The zero-order valence-electron chi connectivity index (χ0n) is 11.0. The first kappa shape index (κ1) is 13.5. The van der Waals surface area contributed by atoms with Crippen LogP contribution in [0.2, 0.25) is 0 Å². The van der Waals surface area contributed by atoms with Crippen molar-refractivity contribution in [1.82, 2.24) is 15.2 Å². The van der Waals surface area contributed by atoms with Crippen molar-refractivity contribution >= 4 is 10.9 Å². The van der Waals surface area contributed by atoms with E-state index < -0.39 is 0 Å². The minimum Gasteiger partial charge on any atom is -0.328 e. The van der Waals surface area contributed by atoms with E-state index in [1.165, 1.54) is 12.8 Å². The lowest BCUT2D eigenvalue weighted by Gasteiger charge is -1.99. The van der Waals surface area contributed by atoms with Crippen LogP contribution in [0.15, 0.2) is 17.1 Å². The molecule has 0 aromatic carbocycles. The Morgan fingerprint density at radius 2 is 1.94 bits per heavy atom. The van der Waals surface area contributed by atoms with E-state index in [-0.39, 0.29) is 11.5 Å². The monoisotopic (exact) mass is 235 g/mol. The Hall–Kier alpha value is -1.58. The van der Waals surface area contributed by atoms with Crippen LogP contribution in [0.3, 0.4) is 0 Å². The summed E-state index contributed by atoms with van der Waals surface area (Å²) in [6, 6.07) is 1.79. The molecule has 94 valence electrons. The molecule has 2 aromatic rings. The third-order valence-corrected chi connectivity index (χ3v) is 2.58. The van der Waals surface area contributed by atoms with Crippen molar-refractivity contribution in [3.8, 4) is 0 Å². The zero-order chi connectivity index (χ0) is 12.8. The van der Waals surface area contributed by atoms with E-state index in [0.29, 0.717) is 5.39 Å². The number of nitrogens with one attached hydrogen (secondary N) is 2. The molecule has 0 amide bonds. The topological polar surface area (TPSA) is 61.5 Å². The number of nitrogens with zero attached hydrogens (tertiary/aromatic N) is 1. The van der Waals surface area contributed by atoms with Gasteiger partial charge in [-0.25, -0.2) is 0 Å². The van der Waals surface area contributed by atoms with Gasteiger partial charge in [-0.15, -0.1) is 0 Å². The van der Waals surface area contributed by atoms with Crippen LogP contribution >= 0.6 is 0 Å². The number of pyridine rings is 1. The highest BCUT2D eigenvalue weighted by Gasteiger charge is 2.10. The molecule has 0 aliphatic heterocycles. The normalized spacial score (nSPS) is 10.4. The zero-order valence-corrected chi connectivity index (χ0v) is 11.0. The van der Waals surface area contributed by atoms with Crippen molar-refractivity contribution in [2.75, 3.05) is 0 Å². The fraction of sp³-hybridized carbons (Fsp3) is 0.538. The van der Waals surface area contributed by atoms with Gasteiger partial charge in [0.15, 0.2) is 0 Å². The van der Waals surface area contributed by atoms with Gasteiger partial charge < -0.3 is 4.98 Å². The van der Waals surface area contributed by atoms with E-state index in [2.05, 4.69) is 29.0 Å². The maximum absolute atomic E-state index is 11.4. The average molecular weight is 235 g/mol. The minimum absolute atomic E-state index is 0.0741. The minimum atomic E-state index is -0.0741. The number of hydrogen-bond acceptors (Lipinski definition) is 2. The van der Waals surface area contributed by atoms with Gasteiger partial charge >= 0.3 is 0 Å². The number of rotatable bonds is 2. The highest BCUT2D eigenvalue weighted by atomic mass is 16.1. The van der Waals surface area contributed by atoms with Gasteiger partial charge in [0, 0.05) is 6.20 Å². The highest BCUT2D eigenvalue weighted by molar-refractivity contribution is 5.80. The first-order valence-electron chi connectivity index (χ1n) is 6.17. The van der Waals surface area contributed by atoms with Gasteiger partial charge in [-0.05, 0) is 12.0 Å². The molecule has 0 spiro atoms. The lowest BCUT2D eigenvalue weighted by molar-refractivity contribution is 0.817. The molecule has 4 heteroatoms. The van der Waals surface area contributed by atoms with Crippen LogP contribution in [-0.4, -0.2) is 15.2 Å². The molecule has 4 nitrogen and oxygen atoms in total. The van der Waals surface area contributed by atoms with Gasteiger partial charge in [-0.3, -0.25) is 9.89 Å². The maximum Gasteiger partial charge on any atom is 0.259 e. The number of aromatic amines is 2. The summed E-state index contributed by atoms with van der Waals surface area (Å²) < 4.78 is 0. The lowest BCUT2D eigenvalue weighted by Crippen LogP contribution is -2.06. The Morgan fingerprint density at radius 1 is 1.29 bits per heavy atom. The van der Waals surface area contributed by atoms with Crippen molar-refractivity contribution in [2.24, 2.45) is 0 Å². The molecule has 0 saturated heterocycles. The Kier molecular flexibility index (Phi) is 4.94. The second-order valence-corrected chi connectivity index (χ2v) is 4.36. The van der Waals surface area contributed by atoms with Gasteiger partial charge in [-0.1, -0.05) is 40.5 Å². The van der Waals surface area contributed by atoms with Crippen molar-refractivity contribution in [3.05, 3.63) is 28.3 Å². The average Bonchev–Trinajstić information content (AvgIpc) is 2.75. The molecule has 0 aliphatic carbocycles. The Balaban J connectivity index is 0.000000317. The summed E-state index contributed by atoms with van der Waals surface area (Å²) >= 11 is 0. The van der Waals surface area contributed by atoms with Crippen LogP contribution in [0, 0.1) is 0 Å². The largest absolute Gasteiger partial charge is 0.328 e. The summed E-state index contributed by atoms with van der Waals surface area (Å²) in [5.41, 5.74) is 1.55. The molecule has 0 bridgehead atoms. The van der Waals surface area contributed by atoms with E-state index in [4.69, 9.17) is 0 Å². The van der Waals surface area contributed by atoms with E-state index >= 15 is 0 Å². The van der Waals surface area contributed by atoms with Crippen LogP contribution in [0.5, 0.6) is 0 Å². The van der Waals surface area contributed by atoms with Crippen LogP contribution < -0.4 is 5.56 Å². The molecule has 0 saturated carbocycles. The van der Waals surface area contributed by atoms with Crippen molar-refractivity contribution in [2.45, 2.75) is 46.5 Å². The van der Waals surface area contributed by atoms with E-state index in [9.17, 15) is 4.79 Å². The first-order valence-corrected chi connectivity index (χ1v) is 6.17. The SMILES string of the molecule is CC(C)c1[nH]nc2cc[nH]c(=O)c12.CCCC. The van der Waals surface area contributed by atoms with E-state index in [1.807, 2.05) is 13.8 Å². The van der Waals surface area contributed by atoms with Crippen LogP contribution in [0.25, 0.3) is 10.9 Å². The summed E-state index contributed by atoms with van der Waals surface area (Å²) in [7, 11) is 0. The molecule has 0 unspecified atom stereocenters. The van der Waals surface area contributed by atoms with Crippen LogP contribution in [0.1, 0.15) is 52.1 Å². The fourth-order valence-corrected chi connectivity index (χ4v) is 1.42. The Labute approximate surface area is 101 Å². The lowest BCUT2D eigenvalue weighted by atomic mass is 10.1. The van der Waals surface area contributed by atoms with Gasteiger partial charge in [0.1, 0.15) is 0 Å². The molecule has 0 atom stereocenters. The number of fused-ring (bicyclic) bond motifs is 1. The third-order valence-electron chi connectivity index (χ3n) is 2.58. The third kappa shape index (κ3) is 3.19. The van der Waals surface area contributed by atoms with Gasteiger partial charge in [0.2, 0.25) is 0 Å². The molecular weight excluding hydrogens is 214 g/mol. The van der Waals surface area contributed by atoms with Crippen molar-refractivity contribution in [3.63, 3.8) is 0 Å². The second kappa shape index (κ2) is 6.23. The molecule has 2 heterocycles. The molecule has 2 aromatic heterocycles. The second-order valence-electron chi connectivity index (χ2n) is 4.36. The number of H-pyrrole nitrogens is 2. The fourth-order valence-electron chi connectivity index (χ4n) is 1.42. The Bertz CT molecular complexity index is 509. The van der Waals surface area contributed by atoms with Crippen molar-refractivity contribution < 1.29 is 0 Å². The van der Waals surface area contributed by atoms with Crippen LogP contribution in [0.4, 0.5) is 0 Å². The summed E-state index contributed by atoms with van der Waals surface area (Å²) in [5.74, 6) is 0.286. The smallest absolute Gasteiger partial charge is 0.259 e. The standard InChI is InChI=1S/C9H11N3O.C4H10/c1-5(2)8-7-6(11-12-8)3-4-10-9(7)13;1-3-4-2/h3-5H,1-2H3,(H,10,13)(H,11,12);3-4H2,1-2H3. The highest BCUT2D eigenvalue weighted by Crippen LogP contribution is 2.18. The molecule has 2 rings (SSSR count). The van der Waals surface area contributed by atoms with Gasteiger partial charge in [0.05, 0.1) is 16.6 Å². The molecule has 0 fully saturated rings. The molecule has 17 heavy (non-hydrogen) atoms. The molecule has 0 radical (unpaired) electrons. The quantitative estimate of drug-likeness (QED) is 0.839. The Morgan fingerprint density at radius 3 is 2.47 bits per heavy atom. The van der Waals surface area contributed by atoms with Crippen LogP contribution in [-0.2, 0) is 0 Å². The summed E-state index contributed by atoms with van der Waals surface area (Å²) in [5, 5.41) is 7.62. The number of unbranched alkanes of at least 4 members (excludes halogenated alkanes) is 1. The molecule has 2 N–H and O–H groups in total. The predicted octanol–water partition coefficient (Wildman–Crippen LogP) is 3.18. The van der Waals surface area contributed by atoms with Gasteiger partial charge in [0.25, 0.3) is 5.56 Å².